The van der Waals surface area contributed by atoms with Crippen molar-refractivity contribution in [3.05, 3.63) is 100 Å². The van der Waals surface area contributed by atoms with Gasteiger partial charge in [0, 0.05) is 35.4 Å². The molecule has 3 aromatic heterocycles. The molecule has 0 unspecified atom stereocenters. The summed E-state index contributed by atoms with van der Waals surface area (Å²) in [6, 6.07) is 17.4. The fraction of sp³-hybridized carbons (Fsp3) is 0.267. The van der Waals surface area contributed by atoms with Crippen LogP contribution in [0.1, 0.15) is 54.1 Å². The second kappa shape index (κ2) is 10.8. The lowest BCUT2D eigenvalue weighted by molar-refractivity contribution is -0.118. The van der Waals surface area contributed by atoms with Crippen LogP contribution in [0.25, 0.3) is 5.82 Å². The zero-order valence-corrected chi connectivity index (χ0v) is 24.1. The molecule has 2 atom stereocenters. The topological polar surface area (TPSA) is 75.1 Å². The van der Waals surface area contributed by atoms with Crippen molar-refractivity contribution in [2.45, 2.75) is 46.7 Å². The third-order valence-electron chi connectivity index (χ3n) is 7.03. The van der Waals surface area contributed by atoms with E-state index in [-0.39, 0.29) is 23.9 Å². The highest BCUT2D eigenvalue weighted by atomic mass is 35.5. The maximum atomic E-state index is 12.3. The van der Waals surface area contributed by atoms with E-state index in [1.807, 2.05) is 62.5 Å². The van der Waals surface area contributed by atoms with Gasteiger partial charge in [0.15, 0.2) is 5.11 Å². The minimum Gasteiger partial charge on any atom is -0.351 e. The fourth-order valence-corrected chi connectivity index (χ4v) is 5.63. The van der Waals surface area contributed by atoms with E-state index >= 15 is 0 Å². The number of amides is 1. The molecule has 4 aromatic rings. The predicted octanol–water partition coefficient (Wildman–Crippen LogP) is 6.62. The lowest BCUT2D eigenvalue weighted by atomic mass is 9.96. The summed E-state index contributed by atoms with van der Waals surface area (Å²) in [6.45, 7) is 9.95. The van der Waals surface area contributed by atoms with Crippen LogP contribution in [-0.2, 0) is 4.79 Å². The molecule has 2 N–H and O–H groups in total. The zero-order chi connectivity index (χ0) is 27.8. The standard InChI is InChI=1S/C30H31ClN6OS/c1-17(2)29(38)34-24-10-9-21(16-23(24)31)37-28(27(35-30(37)39)25-8-6-7-12-32-25)22-15-19(4)36(20(22)5)26-14-18(3)11-13-33-26/h6-17,27-28H,1-5H3,(H,34,38)(H,35,39)/t27-,28+/m1/s1. The van der Waals surface area contributed by atoms with Crippen molar-refractivity contribution in [1.82, 2.24) is 19.9 Å². The quantitative estimate of drug-likeness (QED) is 0.259. The molecule has 9 heteroatoms. The number of hydrogen-bond acceptors (Lipinski definition) is 4. The summed E-state index contributed by atoms with van der Waals surface area (Å²) in [7, 11) is 0. The SMILES string of the molecule is Cc1ccnc(-n2c(C)cc([C@H]3[C@@H](c4ccccn4)NC(=S)N3c3ccc(NC(=O)C(C)C)c(Cl)c3)c2C)c1. The van der Waals surface area contributed by atoms with Crippen LogP contribution < -0.4 is 15.5 Å². The number of pyridine rings is 2. The number of anilines is 2. The monoisotopic (exact) mass is 558 g/mol. The molecule has 1 aliphatic heterocycles. The Morgan fingerprint density at radius 1 is 1.05 bits per heavy atom. The van der Waals surface area contributed by atoms with E-state index in [1.54, 1.807) is 6.20 Å². The molecule has 0 saturated carbocycles. The third-order valence-corrected chi connectivity index (χ3v) is 7.66. The number of carbonyl (C=O) groups excluding carboxylic acids is 1. The van der Waals surface area contributed by atoms with Gasteiger partial charge in [0.25, 0.3) is 0 Å². The van der Waals surface area contributed by atoms with Gasteiger partial charge in [-0.2, -0.15) is 0 Å². The van der Waals surface area contributed by atoms with Crippen molar-refractivity contribution in [2.24, 2.45) is 5.92 Å². The first-order valence-electron chi connectivity index (χ1n) is 12.9. The summed E-state index contributed by atoms with van der Waals surface area (Å²) in [5.74, 6) is 0.630. The average molecular weight is 559 g/mol. The number of halogens is 1. The highest BCUT2D eigenvalue weighted by molar-refractivity contribution is 7.80. The smallest absolute Gasteiger partial charge is 0.226 e. The first kappa shape index (κ1) is 26.8. The summed E-state index contributed by atoms with van der Waals surface area (Å²) < 4.78 is 2.18. The molecular formula is C30H31ClN6OS. The number of aryl methyl sites for hydroxylation is 2. The number of nitrogens with one attached hydrogen (secondary N) is 2. The van der Waals surface area contributed by atoms with Crippen molar-refractivity contribution in [3.8, 4) is 5.82 Å². The summed E-state index contributed by atoms with van der Waals surface area (Å²) in [5, 5.41) is 7.43. The van der Waals surface area contributed by atoms with Crippen LogP contribution in [0.3, 0.4) is 0 Å². The summed E-state index contributed by atoms with van der Waals surface area (Å²) >= 11 is 12.6. The summed E-state index contributed by atoms with van der Waals surface area (Å²) in [5.41, 5.74) is 6.67. The van der Waals surface area contributed by atoms with E-state index in [0.717, 1.165) is 39.7 Å². The van der Waals surface area contributed by atoms with Crippen LogP contribution in [-0.4, -0.2) is 25.6 Å². The lowest BCUT2D eigenvalue weighted by Crippen LogP contribution is -2.29. The van der Waals surface area contributed by atoms with Gasteiger partial charge in [-0.15, -0.1) is 0 Å². The summed E-state index contributed by atoms with van der Waals surface area (Å²) in [4.78, 5) is 23.7. The van der Waals surface area contributed by atoms with Gasteiger partial charge in [-0.3, -0.25) is 9.78 Å². The molecule has 1 saturated heterocycles. The second-order valence-corrected chi connectivity index (χ2v) is 11.0. The van der Waals surface area contributed by atoms with Crippen LogP contribution >= 0.6 is 23.8 Å². The molecule has 1 fully saturated rings. The molecule has 1 aromatic carbocycles. The summed E-state index contributed by atoms with van der Waals surface area (Å²) in [6.07, 6.45) is 3.63. The molecule has 0 radical (unpaired) electrons. The maximum Gasteiger partial charge on any atom is 0.226 e. The van der Waals surface area contributed by atoms with Gasteiger partial charge in [0.2, 0.25) is 5.91 Å². The van der Waals surface area contributed by atoms with Gasteiger partial charge in [-0.1, -0.05) is 31.5 Å². The lowest BCUT2D eigenvalue weighted by Gasteiger charge is -2.28. The Morgan fingerprint density at radius 2 is 1.85 bits per heavy atom. The first-order chi connectivity index (χ1) is 18.7. The molecule has 0 spiro atoms. The Balaban J connectivity index is 1.62. The minimum absolute atomic E-state index is 0.0895. The number of hydrogen-bond donors (Lipinski definition) is 2. The van der Waals surface area contributed by atoms with E-state index in [9.17, 15) is 4.79 Å². The number of benzene rings is 1. The van der Waals surface area contributed by atoms with E-state index in [4.69, 9.17) is 23.8 Å². The van der Waals surface area contributed by atoms with E-state index in [1.165, 1.54) is 0 Å². The molecule has 1 aliphatic rings. The van der Waals surface area contributed by atoms with E-state index < -0.39 is 0 Å². The van der Waals surface area contributed by atoms with Crippen LogP contribution in [0.4, 0.5) is 11.4 Å². The minimum atomic E-state index is -0.204. The number of nitrogens with zero attached hydrogens (tertiary/aromatic N) is 4. The number of aromatic nitrogens is 3. The highest BCUT2D eigenvalue weighted by Gasteiger charge is 2.42. The number of thiocarbonyl (C=S) groups is 1. The number of rotatable bonds is 6. The van der Waals surface area contributed by atoms with Gasteiger partial charge >= 0.3 is 0 Å². The Kier molecular flexibility index (Phi) is 7.42. The molecule has 4 heterocycles. The van der Waals surface area contributed by atoms with Crippen molar-refractivity contribution in [3.63, 3.8) is 0 Å². The Labute approximate surface area is 239 Å². The molecule has 5 rings (SSSR count). The largest absolute Gasteiger partial charge is 0.351 e. The van der Waals surface area contributed by atoms with Gasteiger partial charge in [0.1, 0.15) is 5.82 Å². The third kappa shape index (κ3) is 5.14. The maximum absolute atomic E-state index is 12.3. The van der Waals surface area contributed by atoms with Gasteiger partial charge in [-0.05, 0) is 92.6 Å². The fourth-order valence-electron chi connectivity index (χ4n) is 5.06. The van der Waals surface area contributed by atoms with Crippen molar-refractivity contribution in [1.29, 1.82) is 0 Å². The average Bonchev–Trinajstić information content (AvgIpc) is 3.40. The molecule has 1 amide bonds. The van der Waals surface area contributed by atoms with Crippen molar-refractivity contribution in [2.75, 3.05) is 10.2 Å². The molecule has 39 heavy (non-hydrogen) atoms. The number of carbonyl (C=O) groups is 1. The normalized spacial score (nSPS) is 17.0. The molecule has 0 bridgehead atoms. The van der Waals surface area contributed by atoms with Crippen molar-refractivity contribution < 1.29 is 4.79 Å². The van der Waals surface area contributed by atoms with Crippen molar-refractivity contribution >= 4 is 46.2 Å². The molecule has 7 nitrogen and oxygen atoms in total. The second-order valence-electron chi connectivity index (χ2n) is 10.2. The van der Waals surface area contributed by atoms with Crippen LogP contribution in [0.5, 0.6) is 0 Å². The van der Waals surface area contributed by atoms with Crippen LogP contribution in [0.2, 0.25) is 5.02 Å². The van der Waals surface area contributed by atoms with Gasteiger partial charge < -0.3 is 20.1 Å². The van der Waals surface area contributed by atoms with Crippen LogP contribution in [0, 0.1) is 26.7 Å². The van der Waals surface area contributed by atoms with E-state index in [0.29, 0.717) is 15.8 Å². The first-order valence-corrected chi connectivity index (χ1v) is 13.7. The van der Waals surface area contributed by atoms with Gasteiger partial charge in [0.05, 0.1) is 28.5 Å². The van der Waals surface area contributed by atoms with Gasteiger partial charge in [-0.25, -0.2) is 4.98 Å². The molecule has 0 aliphatic carbocycles. The Hall–Kier alpha value is -3.75. The van der Waals surface area contributed by atoms with Crippen LogP contribution in [0.15, 0.2) is 67.0 Å². The Morgan fingerprint density at radius 3 is 2.51 bits per heavy atom. The molecular weight excluding hydrogens is 528 g/mol. The highest BCUT2D eigenvalue weighted by Crippen LogP contribution is 2.44. The predicted molar refractivity (Wildman–Crippen MR) is 161 cm³/mol. The zero-order valence-electron chi connectivity index (χ0n) is 22.6. The Bertz CT molecular complexity index is 1550. The van der Waals surface area contributed by atoms with E-state index in [2.05, 4.69) is 63.0 Å². The molecule has 200 valence electrons.